The van der Waals surface area contributed by atoms with Crippen LogP contribution >= 0.6 is 23.4 Å². The van der Waals surface area contributed by atoms with E-state index in [1.54, 1.807) is 11.8 Å². The molecule has 1 unspecified atom stereocenters. The van der Waals surface area contributed by atoms with Crippen molar-refractivity contribution in [3.63, 3.8) is 0 Å². The zero-order chi connectivity index (χ0) is 11.4. The van der Waals surface area contributed by atoms with Crippen LogP contribution in [-0.4, -0.2) is 31.6 Å². The second kappa shape index (κ2) is 5.77. The highest BCUT2D eigenvalue weighted by Gasteiger charge is 2.15. The number of nitrogens with one attached hydrogen (secondary N) is 1. The lowest BCUT2D eigenvalue weighted by atomic mass is 10.3. The molecule has 3 nitrogen and oxygen atoms in total. The van der Waals surface area contributed by atoms with Gasteiger partial charge in [-0.05, 0) is 12.1 Å². The van der Waals surface area contributed by atoms with E-state index in [9.17, 15) is 0 Å². The average Bonchev–Trinajstić information content (AvgIpc) is 2.30. The van der Waals surface area contributed by atoms with Crippen molar-refractivity contribution in [2.75, 3.05) is 31.2 Å². The summed E-state index contributed by atoms with van der Waals surface area (Å²) in [4.78, 5) is 0.957. The average molecular weight is 259 g/mol. The normalized spacial score (nSPS) is 20.9. The van der Waals surface area contributed by atoms with Crippen molar-refractivity contribution in [3.8, 4) is 0 Å². The second-order valence-corrected chi connectivity index (χ2v) is 5.10. The fourth-order valence-electron chi connectivity index (χ4n) is 1.58. The van der Waals surface area contributed by atoms with Crippen molar-refractivity contribution in [2.24, 2.45) is 0 Å². The topological polar surface area (TPSA) is 47.3 Å². The van der Waals surface area contributed by atoms with Gasteiger partial charge in [0, 0.05) is 29.4 Å². The lowest BCUT2D eigenvalue weighted by Gasteiger charge is -2.23. The van der Waals surface area contributed by atoms with E-state index < -0.39 is 0 Å². The maximum Gasteiger partial charge on any atom is 0.0793 e. The molecule has 1 saturated heterocycles. The highest BCUT2D eigenvalue weighted by Crippen LogP contribution is 2.33. The van der Waals surface area contributed by atoms with Crippen molar-refractivity contribution in [1.29, 1.82) is 0 Å². The van der Waals surface area contributed by atoms with Crippen molar-refractivity contribution < 1.29 is 4.74 Å². The summed E-state index contributed by atoms with van der Waals surface area (Å²) in [5.74, 6) is 0.876. The van der Waals surface area contributed by atoms with Crippen molar-refractivity contribution in [1.82, 2.24) is 5.32 Å². The fraction of sp³-hybridized carbons (Fsp3) is 0.455. The molecule has 5 heteroatoms. The quantitative estimate of drug-likeness (QED) is 0.643. The summed E-state index contributed by atoms with van der Waals surface area (Å²) >= 11 is 7.75. The van der Waals surface area contributed by atoms with Crippen molar-refractivity contribution >= 4 is 29.1 Å². The minimum atomic E-state index is 0.245. The highest BCUT2D eigenvalue weighted by atomic mass is 35.5. The molecule has 1 heterocycles. The summed E-state index contributed by atoms with van der Waals surface area (Å²) < 4.78 is 5.61. The number of benzene rings is 1. The van der Waals surface area contributed by atoms with E-state index in [1.165, 1.54) is 0 Å². The Bertz CT molecular complexity index is 336. The van der Waals surface area contributed by atoms with Crippen LogP contribution in [-0.2, 0) is 4.74 Å². The van der Waals surface area contributed by atoms with Gasteiger partial charge in [-0.1, -0.05) is 17.7 Å². The summed E-state index contributed by atoms with van der Waals surface area (Å²) in [6, 6.07) is 5.59. The summed E-state index contributed by atoms with van der Waals surface area (Å²) in [6.45, 7) is 2.62. The molecule has 0 radical (unpaired) electrons. The molecule has 1 fully saturated rings. The predicted molar refractivity (Wildman–Crippen MR) is 69.2 cm³/mol. The molecule has 0 aliphatic carbocycles. The minimum Gasteiger partial charge on any atom is -0.398 e. The molecule has 88 valence electrons. The van der Waals surface area contributed by atoms with Gasteiger partial charge in [0.15, 0.2) is 0 Å². The Morgan fingerprint density at radius 1 is 1.56 bits per heavy atom. The molecule has 1 aliphatic heterocycles. The molecule has 16 heavy (non-hydrogen) atoms. The van der Waals surface area contributed by atoms with Gasteiger partial charge >= 0.3 is 0 Å². The van der Waals surface area contributed by atoms with Gasteiger partial charge in [0.1, 0.15) is 0 Å². The minimum absolute atomic E-state index is 0.245. The van der Waals surface area contributed by atoms with Crippen LogP contribution in [0.25, 0.3) is 0 Å². The van der Waals surface area contributed by atoms with Gasteiger partial charge in [0.25, 0.3) is 0 Å². The molecular weight excluding hydrogens is 244 g/mol. The van der Waals surface area contributed by atoms with Crippen LogP contribution in [0.15, 0.2) is 23.1 Å². The third kappa shape index (κ3) is 3.04. The van der Waals surface area contributed by atoms with Gasteiger partial charge in [-0.2, -0.15) is 0 Å². The number of rotatable bonds is 3. The van der Waals surface area contributed by atoms with Gasteiger partial charge in [0.05, 0.1) is 17.7 Å². The number of ether oxygens (including phenoxy) is 1. The van der Waals surface area contributed by atoms with E-state index in [0.29, 0.717) is 5.02 Å². The molecule has 1 aromatic carbocycles. The first kappa shape index (κ1) is 12.0. The van der Waals surface area contributed by atoms with Crippen LogP contribution in [0.3, 0.4) is 0 Å². The van der Waals surface area contributed by atoms with Crippen LogP contribution in [0.2, 0.25) is 5.02 Å². The lowest BCUT2D eigenvalue weighted by Crippen LogP contribution is -2.39. The first-order valence-corrected chi connectivity index (χ1v) is 6.63. The van der Waals surface area contributed by atoms with E-state index >= 15 is 0 Å². The van der Waals surface area contributed by atoms with Gasteiger partial charge in [-0.3, -0.25) is 0 Å². The number of hydrogen-bond acceptors (Lipinski definition) is 4. The zero-order valence-electron chi connectivity index (χ0n) is 8.91. The second-order valence-electron chi connectivity index (χ2n) is 3.67. The molecule has 0 spiro atoms. The molecule has 0 aromatic heterocycles. The van der Waals surface area contributed by atoms with Crippen molar-refractivity contribution in [2.45, 2.75) is 11.0 Å². The lowest BCUT2D eigenvalue weighted by molar-refractivity contribution is 0.0441. The van der Waals surface area contributed by atoms with Crippen LogP contribution in [0, 0.1) is 0 Å². The number of anilines is 1. The maximum absolute atomic E-state index is 6.09. The molecule has 2 rings (SSSR count). The third-order valence-corrected chi connectivity index (χ3v) is 4.13. The zero-order valence-corrected chi connectivity index (χ0v) is 10.5. The smallest absolute Gasteiger partial charge is 0.0793 e. The Morgan fingerprint density at radius 3 is 3.12 bits per heavy atom. The highest BCUT2D eigenvalue weighted by molar-refractivity contribution is 7.99. The number of morpholine rings is 1. The molecule has 0 amide bonds. The number of halogens is 1. The first-order chi connectivity index (χ1) is 7.77. The molecule has 0 saturated carbocycles. The molecule has 0 bridgehead atoms. The monoisotopic (exact) mass is 258 g/mol. The Labute approximate surface area is 105 Å². The molecule has 1 atom stereocenters. The van der Waals surface area contributed by atoms with Crippen LogP contribution < -0.4 is 11.1 Å². The Hall–Kier alpha value is -0.420. The van der Waals surface area contributed by atoms with Crippen LogP contribution in [0.4, 0.5) is 5.69 Å². The SMILES string of the molecule is Nc1cccc(Cl)c1SCC1CNCCO1. The van der Waals surface area contributed by atoms with Gasteiger partial charge < -0.3 is 15.8 Å². The van der Waals surface area contributed by atoms with Crippen molar-refractivity contribution in [3.05, 3.63) is 23.2 Å². The Morgan fingerprint density at radius 2 is 2.44 bits per heavy atom. The summed E-state index contributed by atoms with van der Waals surface area (Å²) in [5, 5.41) is 4.01. The summed E-state index contributed by atoms with van der Waals surface area (Å²) in [7, 11) is 0. The molecule has 1 aliphatic rings. The predicted octanol–water partition coefficient (Wildman–Crippen LogP) is 2.00. The summed E-state index contributed by atoms with van der Waals surface area (Å²) in [6.07, 6.45) is 0.245. The number of nitrogen functional groups attached to an aromatic ring is 1. The van der Waals surface area contributed by atoms with Crippen LogP contribution in [0.1, 0.15) is 0 Å². The number of thioether (sulfide) groups is 1. The third-order valence-electron chi connectivity index (χ3n) is 2.42. The van der Waals surface area contributed by atoms with Gasteiger partial charge in [0.2, 0.25) is 0 Å². The Kier molecular flexibility index (Phi) is 4.35. The molecular formula is C11H15ClN2OS. The van der Waals surface area contributed by atoms with E-state index in [2.05, 4.69) is 5.32 Å². The molecule has 3 N–H and O–H groups in total. The van der Waals surface area contributed by atoms with E-state index in [0.717, 1.165) is 36.0 Å². The first-order valence-electron chi connectivity index (χ1n) is 5.26. The van der Waals surface area contributed by atoms with E-state index in [4.69, 9.17) is 22.1 Å². The van der Waals surface area contributed by atoms with Gasteiger partial charge in [-0.25, -0.2) is 0 Å². The number of nitrogens with two attached hydrogens (primary N) is 1. The van der Waals surface area contributed by atoms with Gasteiger partial charge in [-0.15, -0.1) is 11.8 Å². The Balaban J connectivity index is 1.93. The number of hydrogen-bond donors (Lipinski definition) is 2. The summed E-state index contributed by atoms with van der Waals surface area (Å²) in [5.41, 5.74) is 6.61. The molecule has 1 aromatic rings. The van der Waals surface area contributed by atoms with E-state index in [1.807, 2.05) is 18.2 Å². The fourth-order valence-corrected chi connectivity index (χ4v) is 2.93. The maximum atomic E-state index is 6.09. The standard InChI is InChI=1S/C11H15ClN2OS/c12-9-2-1-3-10(13)11(9)16-7-8-6-14-4-5-15-8/h1-3,8,14H,4-7,13H2. The largest absolute Gasteiger partial charge is 0.398 e. The van der Waals surface area contributed by atoms with Crippen LogP contribution in [0.5, 0.6) is 0 Å². The van der Waals surface area contributed by atoms with E-state index in [-0.39, 0.29) is 6.10 Å².